The number of carbonyl (C=O) groups is 1. The van der Waals surface area contributed by atoms with Gasteiger partial charge in [-0.1, -0.05) is 6.92 Å². The second kappa shape index (κ2) is 3.54. The summed E-state index contributed by atoms with van der Waals surface area (Å²) in [7, 11) is 0. The van der Waals surface area contributed by atoms with Gasteiger partial charge in [-0.25, -0.2) is 0 Å². The van der Waals surface area contributed by atoms with Crippen molar-refractivity contribution in [3.8, 4) is 0 Å². The van der Waals surface area contributed by atoms with E-state index in [0.717, 1.165) is 0 Å². The Balaban J connectivity index is 2.71. The van der Waals surface area contributed by atoms with Crippen molar-refractivity contribution in [3.05, 3.63) is 24.2 Å². The van der Waals surface area contributed by atoms with Crippen molar-refractivity contribution in [2.45, 2.75) is 20.0 Å². The number of Topliss-reactive ketones (excluding diaryl/α,β-unsaturated/α-hetero) is 1. The molecule has 0 amide bonds. The molecule has 2 atom stereocenters. The van der Waals surface area contributed by atoms with Crippen molar-refractivity contribution < 1.29 is 14.3 Å². The van der Waals surface area contributed by atoms with Crippen LogP contribution in [0.5, 0.6) is 0 Å². The molecule has 2 unspecified atom stereocenters. The van der Waals surface area contributed by atoms with E-state index in [2.05, 4.69) is 0 Å². The van der Waals surface area contributed by atoms with Crippen LogP contribution in [-0.2, 0) is 4.79 Å². The molecule has 1 N–H and O–H groups in total. The van der Waals surface area contributed by atoms with E-state index in [4.69, 9.17) is 4.42 Å². The average Bonchev–Trinajstić information content (AvgIpc) is 2.53. The summed E-state index contributed by atoms with van der Waals surface area (Å²) in [4.78, 5) is 10.9. The zero-order chi connectivity index (χ0) is 9.14. The van der Waals surface area contributed by atoms with Gasteiger partial charge in [0.1, 0.15) is 17.6 Å². The third-order valence-electron chi connectivity index (χ3n) is 1.95. The lowest BCUT2D eigenvalue weighted by molar-refractivity contribution is -0.124. The van der Waals surface area contributed by atoms with Crippen molar-refractivity contribution in [2.24, 2.45) is 5.92 Å². The van der Waals surface area contributed by atoms with Crippen LogP contribution in [0.2, 0.25) is 0 Å². The Morgan fingerprint density at radius 3 is 2.75 bits per heavy atom. The van der Waals surface area contributed by atoms with Gasteiger partial charge in [0, 0.05) is 5.92 Å². The van der Waals surface area contributed by atoms with Gasteiger partial charge in [0.05, 0.1) is 6.26 Å². The van der Waals surface area contributed by atoms with E-state index in [1.807, 2.05) is 0 Å². The summed E-state index contributed by atoms with van der Waals surface area (Å²) < 4.78 is 4.96. The maximum absolute atomic E-state index is 10.9. The summed E-state index contributed by atoms with van der Waals surface area (Å²) in [6.45, 7) is 3.13. The number of hydrogen-bond acceptors (Lipinski definition) is 3. The van der Waals surface area contributed by atoms with Gasteiger partial charge in [0.25, 0.3) is 0 Å². The van der Waals surface area contributed by atoms with Crippen LogP contribution in [0, 0.1) is 5.92 Å². The Labute approximate surface area is 71.0 Å². The van der Waals surface area contributed by atoms with Crippen LogP contribution in [0.15, 0.2) is 22.8 Å². The number of aliphatic hydroxyl groups is 1. The third kappa shape index (κ3) is 1.74. The number of carbonyl (C=O) groups excluding carboxylic acids is 1. The Kier molecular flexibility index (Phi) is 2.65. The highest BCUT2D eigenvalue weighted by molar-refractivity contribution is 5.78. The Morgan fingerprint density at radius 1 is 1.67 bits per heavy atom. The number of aliphatic hydroxyl groups excluding tert-OH is 1. The molecule has 1 rings (SSSR count). The molecule has 12 heavy (non-hydrogen) atoms. The van der Waals surface area contributed by atoms with Crippen LogP contribution in [-0.4, -0.2) is 10.9 Å². The minimum Gasteiger partial charge on any atom is -0.467 e. The molecular formula is C9H12O3. The standard InChI is InChI=1S/C9H12O3/c1-6(7(2)10)9(11)8-4-3-5-12-8/h3-6,9,11H,1-2H3. The first kappa shape index (κ1) is 9.00. The van der Waals surface area contributed by atoms with Crippen LogP contribution >= 0.6 is 0 Å². The molecule has 0 fully saturated rings. The second-order valence-electron chi connectivity index (χ2n) is 2.86. The lowest BCUT2D eigenvalue weighted by Crippen LogP contribution is -2.15. The van der Waals surface area contributed by atoms with Crippen LogP contribution in [0.3, 0.4) is 0 Å². The van der Waals surface area contributed by atoms with E-state index in [-0.39, 0.29) is 5.78 Å². The summed E-state index contributed by atoms with van der Waals surface area (Å²) in [6, 6.07) is 3.34. The van der Waals surface area contributed by atoms with Crippen molar-refractivity contribution in [2.75, 3.05) is 0 Å². The minimum atomic E-state index is -0.822. The molecule has 1 heterocycles. The molecule has 0 aliphatic carbocycles. The molecular weight excluding hydrogens is 156 g/mol. The van der Waals surface area contributed by atoms with Gasteiger partial charge >= 0.3 is 0 Å². The predicted octanol–water partition coefficient (Wildman–Crippen LogP) is 1.54. The summed E-state index contributed by atoms with van der Waals surface area (Å²) in [5, 5.41) is 9.53. The van der Waals surface area contributed by atoms with Gasteiger partial charge in [-0.2, -0.15) is 0 Å². The fraction of sp³-hybridized carbons (Fsp3) is 0.444. The average molecular weight is 168 g/mol. The van der Waals surface area contributed by atoms with Crippen LogP contribution < -0.4 is 0 Å². The normalized spacial score (nSPS) is 15.6. The number of ketones is 1. The first-order valence-corrected chi connectivity index (χ1v) is 3.85. The van der Waals surface area contributed by atoms with Gasteiger partial charge in [-0.3, -0.25) is 4.79 Å². The van der Waals surface area contributed by atoms with Crippen molar-refractivity contribution >= 4 is 5.78 Å². The molecule has 0 saturated heterocycles. The molecule has 3 nitrogen and oxygen atoms in total. The van der Waals surface area contributed by atoms with Crippen molar-refractivity contribution in [1.29, 1.82) is 0 Å². The predicted molar refractivity (Wildman–Crippen MR) is 43.5 cm³/mol. The quantitative estimate of drug-likeness (QED) is 0.744. The van der Waals surface area contributed by atoms with E-state index in [0.29, 0.717) is 5.76 Å². The van der Waals surface area contributed by atoms with Gasteiger partial charge in [-0.15, -0.1) is 0 Å². The molecule has 3 heteroatoms. The van der Waals surface area contributed by atoms with Gasteiger partial charge < -0.3 is 9.52 Å². The largest absolute Gasteiger partial charge is 0.467 e. The molecule has 0 saturated carbocycles. The minimum absolute atomic E-state index is 0.0427. The Morgan fingerprint density at radius 2 is 2.33 bits per heavy atom. The summed E-state index contributed by atoms with van der Waals surface area (Å²) >= 11 is 0. The van der Waals surface area contributed by atoms with Gasteiger partial charge in [-0.05, 0) is 19.1 Å². The van der Waals surface area contributed by atoms with E-state index < -0.39 is 12.0 Å². The Hall–Kier alpha value is -1.09. The fourth-order valence-electron chi connectivity index (χ4n) is 0.928. The van der Waals surface area contributed by atoms with Crippen LogP contribution in [0.4, 0.5) is 0 Å². The molecule has 0 spiro atoms. The van der Waals surface area contributed by atoms with Crippen LogP contribution in [0.25, 0.3) is 0 Å². The smallest absolute Gasteiger partial charge is 0.135 e. The second-order valence-corrected chi connectivity index (χ2v) is 2.86. The molecule has 1 aromatic rings. The summed E-state index contributed by atoms with van der Waals surface area (Å²) in [6.07, 6.45) is 0.656. The van der Waals surface area contributed by atoms with Gasteiger partial charge in [0.15, 0.2) is 0 Å². The summed E-state index contributed by atoms with van der Waals surface area (Å²) in [5.41, 5.74) is 0. The monoisotopic (exact) mass is 168 g/mol. The van der Waals surface area contributed by atoms with Crippen molar-refractivity contribution in [3.63, 3.8) is 0 Å². The SMILES string of the molecule is CC(=O)C(C)C(O)c1ccco1. The van der Waals surface area contributed by atoms with Gasteiger partial charge in [0.2, 0.25) is 0 Å². The van der Waals surface area contributed by atoms with E-state index in [1.54, 1.807) is 19.1 Å². The maximum Gasteiger partial charge on any atom is 0.135 e. The molecule has 1 aromatic heterocycles. The molecule has 0 radical (unpaired) electrons. The van der Waals surface area contributed by atoms with Crippen molar-refractivity contribution in [1.82, 2.24) is 0 Å². The van der Waals surface area contributed by atoms with E-state index in [1.165, 1.54) is 13.2 Å². The number of hydrogen-bond donors (Lipinski definition) is 1. The Bertz CT molecular complexity index is 251. The lowest BCUT2D eigenvalue weighted by Gasteiger charge is -2.12. The summed E-state index contributed by atoms with van der Waals surface area (Å²) in [5.74, 6) is -0.00671. The molecule has 66 valence electrons. The number of rotatable bonds is 3. The van der Waals surface area contributed by atoms with E-state index in [9.17, 15) is 9.90 Å². The highest BCUT2D eigenvalue weighted by Gasteiger charge is 2.21. The molecule has 0 aliphatic rings. The fourth-order valence-corrected chi connectivity index (χ4v) is 0.928. The first-order valence-electron chi connectivity index (χ1n) is 3.85. The number of furan rings is 1. The molecule has 0 aromatic carbocycles. The highest BCUT2D eigenvalue weighted by Crippen LogP contribution is 2.22. The topological polar surface area (TPSA) is 50.4 Å². The zero-order valence-corrected chi connectivity index (χ0v) is 7.15. The van der Waals surface area contributed by atoms with E-state index >= 15 is 0 Å². The maximum atomic E-state index is 10.9. The zero-order valence-electron chi connectivity index (χ0n) is 7.15. The molecule has 0 aliphatic heterocycles. The first-order chi connectivity index (χ1) is 5.63. The third-order valence-corrected chi connectivity index (χ3v) is 1.95. The highest BCUT2D eigenvalue weighted by atomic mass is 16.4. The van der Waals surface area contributed by atoms with Crippen LogP contribution in [0.1, 0.15) is 25.7 Å². The lowest BCUT2D eigenvalue weighted by atomic mass is 9.99. The molecule has 0 bridgehead atoms.